The Morgan fingerprint density at radius 1 is 1.17 bits per heavy atom. The number of para-hydroxylation sites is 1. The van der Waals surface area contributed by atoms with E-state index in [1.54, 1.807) is 24.3 Å². The van der Waals surface area contributed by atoms with Crippen molar-refractivity contribution in [2.75, 3.05) is 30.3 Å². The molecule has 0 aliphatic heterocycles. The third kappa shape index (κ3) is 7.54. The minimum atomic E-state index is -3.47. The van der Waals surface area contributed by atoms with Crippen molar-refractivity contribution in [2.45, 2.75) is 32.6 Å². The zero-order chi connectivity index (χ0) is 22.1. The number of sulfonamides is 1. The molecule has 2 aromatic rings. The van der Waals surface area contributed by atoms with Gasteiger partial charge in [0.25, 0.3) is 0 Å². The van der Waals surface area contributed by atoms with Gasteiger partial charge in [0.2, 0.25) is 15.9 Å². The number of amides is 1. The van der Waals surface area contributed by atoms with Gasteiger partial charge in [-0.25, -0.2) is 8.42 Å². The van der Waals surface area contributed by atoms with Crippen LogP contribution in [0.5, 0.6) is 5.75 Å². The summed E-state index contributed by atoms with van der Waals surface area (Å²) in [6, 6.07) is 14.5. The second-order valence-electron chi connectivity index (χ2n) is 7.31. The molecule has 0 aliphatic carbocycles. The van der Waals surface area contributed by atoms with Crippen LogP contribution in [0.3, 0.4) is 0 Å². The van der Waals surface area contributed by atoms with Crippen molar-refractivity contribution >= 4 is 33.2 Å². The highest BCUT2D eigenvalue weighted by molar-refractivity contribution is 7.92. The van der Waals surface area contributed by atoms with Gasteiger partial charge in [0.15, 0.2) is 0 Å². The van der Waals surface area contributed by atoms with E-state index in [2.05, 4.69) is 19.2 Å². The van der Waals surface area contributed by atoms with Gasteiger partial charge in [-0.1, -0.05) is 49.7 Å². The average Bonchev–Trinajstić information content (AvgIpc) is 2.67. The summed E-state index contributed by atoms with van der Waals surface area (Å²) >= 11 is 5.97. The molecule has 0 aromatic heterocycles. The van der Waals surface area contributed by atoms with Crippen LogP contribution in [0.25, 0.3) is 0 Å². The number of halogens is 1. The molecule has 0 radical (unpaired) electrons. The Kier molecular flexibility index (Phi) is 8.99. The van der Waals surface area contributed by atoms with Gasteiger partial charge >= 0.3 is 0 Å². The summed E-state index contributed by atoms with van der Waals surface area (Å²) in [4.78, 5) is 12.1. The molecule has 0 fully saturated rings. The molecule has 30 heavy (non-hydrogen) atoms. The molecule has 0 heterocycles. The van der Waals surface area contributed by atoms with Crippen molar-refractivity contribution in [1.29, 1.82) is 0 Å². The Balaban J connectivity index is 1.77. The molecule has 0 unspecified atom stereocenters. The predicted molar refractivity (Wildman–Crippen MR) is 122 cm³/mol. The Labute approximate surface area is 184 Å². The summed E-state index contributed by atoms with van der Waals surface area (Å²) in [5.41, 5.74) is 1.62. The Morgan fingerprint density at radius 3 is 2.57 bits per heavy atom. The number of rotatable bonds is 11. The zero-order valence-corrected chi connectivity index (χ0v) is 19.2. The van der Waals surface area contributed by atoms with Gasteiger partial charge in [-0.05, 0) is 42.2 Å². The van der Waals surface area contributed by atoms with Crippen LogP contribution in [0.15, 0.2) is 48.5 Å². The largest absolute Gasteiger partial charge is 0.491 e. The summed E-state index contributed by atoms with van der Waals surface area (Å²) in [5, 5.41) is 3.27. The van der Waals surface area contributed by atoms with Crippen LogP contribution in [-0.4, -0.2) is 40.3 Å². The van der Waals surface area contributed by atoms with E-state index in [0.717, 1.165) is 17.6 Å². The minimum Gasteiger partial charge on any atom is -0.491 e. The van der Waals surface area contributed by atoms with Crippen LogP contribution in [0.2, 0.25) is 5.02 Å². The summed E-state index contributed by atoms with van der Waals surface area (Å²) in [6.07, 6.45) is 1.75. The van der Waals surface area contributed by atoms with E-state index in [9.17, 15) is 13.2 Å². The van der Waals surface area contributed by atoms with Crippen LogP contribution in [0.4, 0.5) is 5.69 Å². The summed E-state index contributed by atoms with van der Waals surface area (Å²) in [7, 11) is -3.47. The van der Waals surface area contributed by atoms with Gasteiger partial charge in [0.05, 0.1) is 18.5 Å². The van der Waals surface area contributed by atoms with Crippen molar-refractivity contribution in [3.8, 4) is 5.75 Å². The monoisotopic (exact) mass is 452 g/mol. The molecule has 0 saturated heterocycles. The first kappa shape index (κ1) is 24.0. The SMILES string of the molecule is CC(C)c1ccccc1OCCNC(=O)CCCN(c1cccc(Cl)c1)S(C)(=O)=O. The first-order valence-electron chi connectivity index (χ1n) is 9.90. The van der Waals surface area contributed by atoms with Crippen molar-refractivity contribution in [1.82, 2.24) is 5.32 Å². The lowest BCUT2D eigenvalue weighted by Gasteiger charge is -2.22. The number of carbonyl (C=O) groups is 1. The standard InChI is InChI=1S/C22H29ClN2O4S/c1-17(2)20-10-4-5-11-21(20)29-15-13-24-22(26)12-7-14-25(30(3,27)28)19-9-6-8-18(23)16-19/h4-6,8-11,16-17H,7,12-15H2,1-3H3,(H,24,26). The number of carbonyl (C=O) groups excluding carboxylic acids is 1. The number of ether oxygens (including phenoxy) is 1. The number of anilines is 1. The quantitative estimate of drug-likeness (QED) is 0.518. The first-order chi connectivity index (χ1) is 14.2. The fourth-order valence-electron chi connectivity index (χ4n) is 3.03. The molecule has 6 nitrogen and oxygen atoms in total. The van der Waals surface area contributed by atoms with Crippen LogP contribution < -0.4 is 14.4 Å². The molecule has 8 heteroatoms. The lowest BCUT2D eigenvalue weighted by atomic mass is 10.0. The highest BCUT2D eigenvalue weighted by Crippen LogP contribution is 2.25. The molecular weight excluding hydrogens is 424 g/mol. The van der Waals surface area contributed by atoms with Crippen molar-refractivity contribution in [3.63, 3.8) is 0 Å². The van der Waals surface area contributed by atoms with E-state index in [1.807, 2.05) is 24.3 Å². The van der Waals surface area contributed by atoms with E-state index in [-0.39, 0.29) is 18.9 Å². The lowest BCUT2D eigenvalue weighted by Crippen LogP contribution is -2.32. The second kappa shape index (κ2) is 11.2. The summed E-state index contributed by atoms with van der Waals surface area (Å²) < 4.78 is 31.3. The molecule has 0 atom stereocenters. The fraction of sp³-hybridized carbons (Fsp3) is 0.409. The molecule has 0 bridgehead atoms. The van der Waals surface area contributed by atoms with E-state index in [0.29, 0.717) is 36.2 Å². The molecule has 1 amide bonds. The number of benzene rings is 2. The van der Waals surface area contributed by atoms with Gasteiger partial charge in [-0.2, -0.15) is 0 Å². The molecule has 0 spiro atoms. The van der Waals surface area contributed by atoms with Gasteiger partial charge in [0, 0.05) is 18.0 Å². The van der Waals surface area contributed by atoms with E-state index in [1.165, 1.54) is 4.31 Å². The molecule has 2 aromatic carbocycles. The van der Waals surface area contributed by atoms with E-state index < -0.39 is 10.0 Å². The average molecular weight is 453 g/mol. The second-order valence-corrected chi connectivity index (χ2v) is 9.65. The van der Waals surface area contributed by atoms with Gasteiger partial charge < -0.3 is 10.1 Å². The zero-order valence-electron chi connectivity index (χ0n) is 17.6. The highest BCUT2D eigenvalue weighted by atomic mass is 35.5. The van der Waals surface area contributed by atoms with Crippen molar-refractivity contribution in [2.24, 2.45) is 0 Å². The smallest absolute Gasteiger partial charge is 0.232 e. The number of hydrogen-bond acceptors (Lipinski definition) is 4. The van der Waals surface area contributed by atoms with Gasteiger partial charge in [-0.3, -0.25) is 9.10 Å². The topological polar surface area (TPSA) is 75.7 Å². The van der Waals surface area contributed by atoms with Crippen molar-refractivity contribution < 1.29 is 17.9 Å². The van der Waals surface area contributed by atoms with Gasteiger partial charge in [-0.15, -0.1) is 0 Å². The maximum Gasteiger partial charge on any atom is 0.232 e. The first-order valence-corrected chi connectivity index (χ1v) is 12.1. The van der Waals surface area contributed by atoms with Crippen LogP contribution in [-0.2, 0) is 14.8 Å². The minimum absolute atomic E-state index is 0.143. The van der Waals surface area contributed by atoms with Crippen molar-refractivity contribution in [3.05, 3.63) is 59.1 Å². The fourth-order valence-corrected chi connectivity index (χ4v) is 4.17. The maximum atomic E-state index is 12.1. The highest BCUT2D eigenvalue weighted by Gasteiger charge is 2.17. The van der Waals surface area contributed by atoms with Crippen LogP contribution in [0.1, 0.15) is 38.2 Å². The summed E-state index contributed by atoms with van der Waals surface area (Å²) in [6.45, 7) is 5.16. The third-order valence-corrected chi connectivity index (χ3v) is 5.91. The Bertz CT molecular complexity index is 948. The van der Waals surface area contributed by atoms with E-state index in [4.69, 9.17) is 16.3 Å². The normalized spacial score (nSPS) is 11.4. The summed E-state index contributed by atoms with van der Waals surface area (Å²) in [5.74, 6) is 1.04. The molecular formula is C22H29ClN2O4S. The Hall–Kier alpha value is -2.25. The Morgan fingerprint density at radius 2 is 1.90 bits per heavy atom. The van der Waals surface area contributed by atoms with E-state index >= 15 is 0 Å². The predicted octanol–water partition coefficient (Wildman–Crippen LogP) is 4.20. The van der Waals surface area contributed by atoms with Gasteiger partial charge in [0.1, 0.15) is 12.4 Å². The molecule has 0 saturated carbocycles. The molecule has 1 N–H and O–H groups in total. The lowest BCUT2D eigenvalue weighted by molar-refractivity contribution is -0.121. The maximum absolute atomic E-state index is 12.1. The molecule has 2 rings (SSSR count). The molecule has 164 valence electrons. The number of nitrogens with zero attached hydrogens (tertiary/aromatic N) is 1. The molecule has 0 aliphatic rings. The van der Waals surface area contributed by atoms with Crippen LogP contribution in [0, 0.1) is 0 Å². The third-order valence-electron chi connectivity index (χ3n) is 4.48. The van der Waals surface area contributed by atoms with Crippen LogP contribution >= 0.6 is 11.6 Å². The number of nitrogens with one attached hydrogen (secondary N) is 1. The number of hydrogen-bond donors (Lipinski definition) is 1.